The highest BCUT2D eigenvalue weighted by atomic mass is 32.1. The zero-order chi connectivity index (χ0) is 21.3. The van der Waals surface area contributed by atoms with E-state index in [-0.39, 0.29) is 17.0 Å². The Morgan fingerprint density at radius 1 is 1.03 bits per heavy atom. The lowest BCUT2D eigenvalue weighted by Crippen LogP contribution is -2.15. The van der Waals surface area contributed by atoms with Crippen LogP contribution in [0.1, 0.15) is 28.8 Å². The van der Waals surface area contributed by atoms with Crippen molar-refractivity contribution in [3.8, 4) is 11.3 Å². The number of nitrogens with one attached hydrogen (secondary N) is 2. The summed E-state index contributed by atoms with van der Waals surface area (Å²) in [5.41, 5.74) is 0.754. The molecule has 0 radical (unpaired) electrons. The van der Waals surface area contributed by atoms with Gasteiger partial charge in [-0.2, -0.15) is 13.2 Å². The molecular formula is C21H16F3N3O2S. The van der Waals surface area contributed by atoms with E-state index in [4.69, 9.17) is 0 Å². The third kappa shape index (κ3) is 4.68. The van der Waals surface area contributed by atoms with Crippen molar-refractivity contribution in [3.05, 3.63) is 65.0 Å². The molecule has 1 aromatic heterocycles. The Labute approximate surface area is 174 Å². The van der Waals surface area contributed by atoms with E-state index in [1.807, 2.05) is 0 Å². The number of benzene rings is 2. The van der Waals surface area contributed by atoms with Crippen LogP contribution < -0.4 is 10.6 Å². The number of rotatable bonds is 5. The molecule has 4 rings (SSSR count). The van der Waals surface area contributed by atoms with Crippen LogP contribution in [0.4, 0.5) is 24.0 Å². The number of anilines is 2. The molecule has 0 bridgehead atoms. The van der Waals surface area contributed by atoms with E-state index in [1.165, 1.54) is 12.1 Å². The zero-order valence-electron chi connectivity index (χ0n) is 15.5. The second-order valence-corrected chi connectivity index (χ2v) is 7.77. The average Bonchev–Trinajstić information content (AvgIpc) is 3.47. The van der Waals surface area contributed by atoms with Crippen molar-refractivity contribution in [1.29, 1.82) is 0 Å². The summed E-state index contributed by atoms with van der Waals surface area (Å²) in [5, 5.41) is 7.27. The van der Waals surface area contributed by atoms with E-state index >= 15 is 0 Å². The minimum atomic E-state index is -4.44. The topological polar surface area (TPSA) is 71.1 Å². The minimum Gasteiger partial charge on any atom is -0.326 e. The van der Waals surface area contributed by atoms with E-state index in [0.29, 0.717) is 22.5 Å². The predicted octanol–water partition coefficient (Wildman–Crippen LogP) is 5.43. The summed E-state index contributed by atoms with van der Waals surface area (Å²) in [7, 11) is 0. The first kappa shape index (κ1) is 20.1. The van der Waals surface area contributed by atoms with E-state index in [0.717, 1.165) is 36.3 Å². The molecule has 2 amide bonds. The largest absolute Gasteiger partial charge is 0.416 e. The molecule has 1 saturated carbocycles. The Morgan fingerprint density at radius 2 is 1.80 bits per heavy atom. The van der Waals surface area contributed by atoms with Crippen molar-refractivity contribution >= 4 is 34.0 Å². The van der Waals surface area contributed by atoms with Crippen molar-refractivity contribution < 1.29 is 22.8 Å². The third-order valence-corrected chi connectivity index (χ3v) is 5.31. The second kappa shape index (κ2) is 7.91. The molecule has 5 nitrogen and oxygen atoms in total. The molecule has 2 N–H and O–H groups in total. The number of hydrogen-bond donors (Lipinski definition) is 2. The van der Waals surface area contributed by atoms with Crippen LogP contribution in [0.25, 0.3) is 11.3 Å². The quantitative estimate of drug-likeness (QED) is 0.566. The van der Waals surface area contributed by atoms with Crippen LogP contribution in [-0.2, 0) is 11.0 Å². The molecule has 1 aliphatic carbocycles. The van der Waals surface area contributed by atoms with Crippen molar-refractivity contribution in [3.63, 3.8) is 0 Å². The smallest absolute Gasteiger partial charge is 0.326 e. The molecule has 0 saturated heterocycles. The average molecular weight is 431 g/mol. The van der Waals surface area contributed by atoms with Gasteiger partial charge in [0, 0.05) is 28.1 Å². The Bertz CT molecular complexity index is 1110. The molecule has 0 aliphatic heterocycles. The van der Waals surface area contributed by atoms with Gasteiger partial charge in [-0.25, -0.2) is 4.98 Å². The number of aromatic nitrogens is 1. The van der Waals surface area contributed by atoms with Crippen LogP contribution in [0, 0.1) is 5.92 Å². The van der Waals surface area contributed by atoms with Gasteiger partial charge in [0.15, 0.2) is 5.13 Å². The summed E-state index contributed by atoms with van der Waals surface area (Å²) in [6.45, 7) is 0. The van der Waals surface area contributed by atoms with Crippen molar-refractivity contribution in [2.24, 2.45) is 5.92 Å². The highest BCUT2D eigenvalue weighted by molar-refractivity contribution is 7.14. The van der Waals surface area contributed by atoms with Gasteiger partial charge in [0.25, 0.3) is 5.91 Å². The monoisotopic (exact) mass is 431 g/mol. The van der Waals surface area contributed by atoms with E-state index in [1.54, 1.807) is 29.6 Å². The molecule has 0 atom stereocenters. The van der Waals surface area contributed by atoms with Crippen LogP contribution in [0.15, 0.2) is 53.9 Å². The van der Waals surface area contributed by atoms with Crippen LogP contribution in [0.3, 0.4) is 0 Å². The van der Waals surface area contributed by atoms with Crippen LogP contribution >= 0.6 is 11.3 Å². The van der Waals surface area contributed by atoms with Gasteiger partial charge >= 0.3 is 6.18 Å². The number of alkyl halides is 3. The van der Waals surface area contributed by atoms with Gasteiger partial charge in [-0.3, -0.25) is 14.9 Å². The van der Waals surface area contributed by atoms with Gasteiger partial charge in [-0.15, -0.1) is 11.3 Å². The number of nitrogens with zero attached hydrogens (tertiary/aromatic N) is 1. The maximum atomic E-state index is 12.9. The number of hydrogen-bond acceptors (Lipinski definition) is 4. The lowest BCUT2D eigenvalue weighted by molar-refractivity contribution is -0.137. The summed E-state index contributed by atoms with van der Waals surface area (Å²) in [6, 6.07) is 11.4. The minimum absolute atomic E-state index is 0.0482. The standard InChI is InChI=1S/C21H16F3N3O2S/c22-21(23,24)15-5-1-3-13(9-15)17-11-30-20(26-17)27-19(29)14-4-2-6-16(10-14)25-18(28)12-7-8-12/h1-6,9-12H,7-8H2,(H,25,28)(H,26,27,29). The molecule has 2 aromatic carbocycles. The van der Waals surface area contributed by atoms with E-state index in [2.05, 4.69) is 15.6 Å². The van der Waals surface area contributed by atoms with Gasteiger partial charge in [0.1, 0.15) is 0 Å². The molecule has 9 heteroatoms. The second-order valence-electron chi connectivity index (χ2n) is 6.91. The van der Waals surface area contributed by atoms with Gasteiger partial charge < -0.3 is 5.32 Å². The van der Waals surface area contributed by atoms with E-state index < -0.39 is 17.6 Å². The van der Waals surface area contributed by atoms with Crippen LogP contribution in [0.5, 0.6) is 0 Å². The van der Waals surface area contributed by atoms with Gasteiger partial charge in [0.2, 0.25) is 5.91 Å². The van der Waals surface area contributed by atoms with Gasteiger partial charge in [-0.05, 0) is 43.2 Å². The summed E-state index contributed by atoms with van der Waals surface area (Å²) in [5.74, 6) is -0.437. The summed E-state index contributed by atoms with van der Waals surface area (Å²) in [6.07, 6.45) is -2.68. The summed E-state index contributed by atoms with van der Waals surface area (Å²) < 4.78 is 38.7. The Kier molecular flexibility index (Phi) is 5.29. The molecule has 154 valence electrons. The fraction of sp³-hybridized carbons (Fsp3) is 0.190. The SMILES string of the molecule is O=C(Nc1nc(-c2cccc(C(F)(F)F)c2)cs1)c1cccc(NC(=O)C2CC2)c1. The lowest BCUT2D eigenvalue weighted by Gasteiger charge is -2.07. The molecule has 1 fully saturated rings. The highest BCUT2D eigenvalue weighted by Crippen LogP contribution is 2.33. The first-order valence-electron chi connectivity index (χ1n) is 9.15. The predicted molar refractivity (Wildman–Crippen MR) is 108 cm³/mol. The molecule has 0 spiro atoms. The maximum Gasteiger partial charge on any atom is 0.416 e. The van der Waals surface area contributed by atoms with Crippen molar-refractivity contribution in [2.45, 2.75) is 19.0 Å². The normalized spacial score (nSPS) is 13.7. The maximum absolute atomic E-state index is 12.9. The molecule has 3 aromatic rings. The first-order chi connectivity index (χ1) is 14.3. The third-order valence-electron chi connectivity index (χ3n) is 4.55. The molecule has 1 aliphatic rings. The molecule has 30 heavy (non-hydrogen) atoms. The van der Waals surface area contributed by atoms with Crippen molar-refractivity contribution in [1.82, 2.24) is 4.98 Å². The number of carbonyl (C=O) groups is 2. The number of amides is 2. The Balaban J connectivity index is 1.46. The molecule has 0 unspecified atom stereocenters. The van der Waals surface area contributed by atoms with Crippen molar-refractivity contribution in [2.75, 3.05) is 10.6 Å². The van der Waals surface area contributed by atoms with Crippen LogP contribution in [-0.4, -0.2) is 16.8 Å². The fourth-order valence-electron chi connectivity index (χ4n) is 2.82. The molecular weight excluding hydrogens is 415 g/mol. The Morgan fingerprint density at radius 3 is 2.53 bits per heavy atom. The Hall–Kier alpha value is -3.20. The van der Waals surface area contributed by atoms with E-state index in [9.17, 15) is 22.8 Å². The van der Waals surface area contributed by atoms with Crippen LogP contribution in [0.2, 0.25) is 0 Å². The number of halogens is 3. The lowest BCUT2D eigenvalue weighted by atomic mass is 10.1. The summed E-state index contributed by atoms with van der Waals surface area (Å²) in [4.78, 5) is 28.6. The first-order valence-corrected chi connectivity index (χ1v) is 10.0. The highest BCUT2D eigenvalue weighted by Gasteiger charge is 2.31. The van der Waals surface area contributed by atoms with Gasteiger partial charge in [-0.1, -0.05) is 18.2 Å². The van der Waals surface area contributed by atoms with Gasteiger partial charge in [0.05, 0.1) is 11.3 Å². The summed E-state index contributed by atoms with van der Waals surface area (Å²) >= 11 is 1.11. The number of thiazole rings is 1. The fourth-order valence-corrected chi connectivity index (χ4v) is 3.53. The zero-order valence-corrected chi connectivity index (χ0v) is 16.3. The molecule has 1 heterocycles. The number of carbonyl (C=O) groups excluding carboxylic acids is 2.